The lowest BCUT2D eigenvalue weighted by molar-refractivity contribution is -0.124. The van der Waals surface area contributed by atoms with E-state index in [0.29, 0.717) is 39.4 Å². The zero-order valence-electron chi connectivity index (χ0n) is 20.6. The molecule has 2 aliphatic heterocycles. The Morgan fingerprint density at radius 2 is 1.71 bits per heavy atom. The Hall–Kier alpha value is -3.06. The molecule has 2 amide bonds. The Bertz CT molecular complexity index is 1080. The molecule has 1 saturated carbocycles. The van der Waals surface area contributed by atoms with Crippen molar-refractivity contribution >= 4 is 11.8 Å². The van der Waals surface area contributed by atoms with Gasteiger partial charge < -0.3 is 19.7 Å². The third-order valence-electron chi connectivity index (χ3n) is 7.44. The van der Waals surface area contributed by atoms with Gasteiger partial charge in [0.15, 0.2) is 11.5 Å². The molecule has 7 nitrogen and oxygen atoms in total. The number of hydrogen-bond donors (Lipinski definition) is 1. The first-order valence-electron chi connectivity index (χ1n) is 12.8. The molecule has 0 aromatic heterocycles. The second-order valence-electron chi connectivity index (χ2n) is 9.99. The topological polar surface area (TPSA) is 71.1 Å². The Morgan fingerprint density at radius 3 is 2.51 bits per heavy atom. The van der Waals surface area contributed by atoms with Gasteiger partial charge in [-0.05, 0) is 56.0 Å². The van der Waals surface area contributed by atoms with Crippen LogP contribution >= 0.6 is 0 Å². The minimum absolute atomic E-state index is 0.0419. The van der Waals surface area contributed by atoms with Crippen molar-refractivity contribution in [2.45, 2.75) is 44.6 Å². The van der Waals surface area contributed by atoms with Crippen LogP contribution in [0.4, 0.5) is 0 Å². The van der Waals surface area contributed by atoms with Crippen LogP contribution in [0.5, 0.6) is 11.5 Å². The van der Waals surface area contributed by atoms with Gasteiger partial charge in [-0.2, -0.15) is 0 Å². The molecule has 7 heteroatoms. The summed E-state index contributed by atoms with van der Waals surface area (Å²) in [7, 11) is 0. The Morgan fingerprint density at radius 1 is 0.914 bits per heavy atom. The van der Waals surface area contributed by atoms with E-state index in [1.165, 1.54) is 0 Å². The van der Waals surface area contributed by atoms with Crippen LogP contribution in [0.1, 0.15) is 53.6 Å². The van der Waals surface area contributed by atoms with Crippen molar-refractivity contribution in [3.63, 3.8) is 0 Å². The van der Waals surface area contributed by atoms with Crippen molar-refractivity contribution < 1.29 is 19.1 Å². The van der Waals surface area contributed by atoms with E-state index in [0.717, 1.165) is 66.8 Å². The average Bonchev–Trinajstić information content (AvgIpc) is 3.22. The van der Waals surface area contributed by atoms with E-state index < -0.39 is 0 Å². The van der Waals surface area contributed by atoms with Crippen molar-refractivity contribution in [3.05, 3.63) is 59.2 Å². The zero-order valence-corrected chi connectivity index (χ0v) is 20.6. The van der Waals surface area contributed by atoms with E-state index in [1.807, 2.05) is 48.2 Å². The number of benzene rings is 2. The molecule has 2 aromatic rings. The highest BCUT2D eigenvalue weighted by atomic mass is 16.6. The van der Waals surface area contributed by atoms with E-state index in [2.05, 4.69) is 16.3 Å². The van der Waals surface area contributed by atoms with Crippen LogP contribution in [0.3, 0.4) is 0 Å². The molecule has 186 valence electrons. The van der Waals surface area contributed by atoms with Crippen molar-refractivity contribution in [3.8, 4) is 11.5 Å². The third-order valence-corrected chi connectivity index (χ3v) is 7.44. The first-order chi connectivity index (χ1) is 17.0. The van der Waals surface area contributed by atoms with Crippen LogP contribution in [0.2, 0.25) is 0 Å². The van der Waals surface area contributed by atoms with E-state index in [4.69, 9.17) is 9.47 Å². The smallest absolute Gasteiger partial charge is 0.253 e. The maximum absolute atomic E-state index is 13.2. The number of hydrogen-bond acceptors (Lipinski definition) is 5. The number of fused-ring (bicyclic) bond motifs is 1. The highest BCUT2D eigenvalue weighted by Gasteiger charge is 2.38. The lowest BCUT2D eigenvalue weighted by Gasteiger charge is -2.33. The molecule has 0 unspecified atom stereocenters. The number of carbonyl (C=O) groups is 2. The molecule has 5 rings (SSSR count). The van der Waals surface area contributed by atoms with Crippen LogP contribution in [0.25, 0.3) is 0 Å². The second kappa shape index (κ2) is 10.3. The van der Waals surface area contributed by atoms with Gasteiger partial charge in [-0.1, -0.05) is 36.6 Å². The second-order valence-corrected chi connectivity index (χ2v) is 9.99. The summed E-state index contributed by atoms with van der Waals surface area (Å²) in [4.78, 5) is 30.3. The lowest BCUT2D eigenvalue weighted by Crippen LogP contribution is -2.48. The zero-order chi connectivity index (χ0) is 24.3. The molecule has 0 atom stereocenters. The molecule has 0 spiro atoms. The molecule has 2 heterocycles. The number of rotatable bonds is 5. The van der Waals surface area contributed by atoms with Crippen molar-refractivity contribution in [2.24, 2.45) is 0 Å². The average molecular weight is 478 g/mol. The standard InChI is InChI=1S/C28H35N3O4/c1-21-6-4-7-22(18-21)27(33)31-13-5-12-30(14-15-31)20-26(32)29-28(10-2-3-11-28)23-8-9-24-25(19-23)35-17-16-34-24/h4,6-9,18-19H,2-3,5,10-17,20H2,1H3,(H,29,32). The molecule has 1 saturated heterocycles. The predicted molar refractivity (Wildman–Crippen MR) is 134 cm³/mol. The summed E-state index contributed by atoms with van der Waals surface area (Å²) in [6.07, 6.45) is 4.90. The molecule has 1 N–H and O–H groups in total. The van der Waals surface area contributed by atoms with Gasteiger partial charge in [-0.3, -0.25) is 14.5 Å². The fraction of sp³-hybridized carbons (Fsp3) is 0.500. The maximum Gasteiger partial charge on any atom is 0.253 e. The summed E-state index contributed by atoms with van der Waals surface area (Å²) in [5.41, 5.74) is 2.56. The molecular weight excluding hydrogens is 442 g/mol. The van der Waals surface area contributed by atoms with Crippen LogP contribution < -0.4 is 14.8 Å². The SMILES string of the molecule is Cc1cccc(C(=O)N2CCCN(CC(=O)NC3(c4ccc5c(c4)OCCO5)CCCC3)CC2)c1. The van der Waals surface area contributed by atoms with Crippen molar-refractivity contribution in [1.82, 2.24) is 15.1 Å². The van der Waals surface area contributed by atoms with Gasteiger partial charge in [0.2, 0.25) is 5.91 Å². The van der Waals surface area contributed by atoms with E-state index in [-0.39, 0.29) is 17.4 Å². The van der Waals surface area contributed by atoms with E-state index >= 15 is 0 Å². The predicted octanol–water partition coefficient (Wildman–Crippen LogP) is 3.50. The van der Waals surface area contributed by atoms with Crippen molar-refractivity contribution in [2.75, 3.05) is 45.9 Å². The van der Waals surface area contributed by atoms with Crippen molar-refractivity contribution in [1.29, 1.82) is 0 Å². The normalized spacial score (nSPS) is 19.7. The molecule has 3 aliphatic rings. The number of amides is 2. The summed E-state index contributed by atoms with van der Waals surface area (Å²) in [6, 6.07) is 13.8. The summed E-state index contributed by atoms with van der Waals surface area (Å²) in [5, 5.41) is 3.39. The van der Waals surface area contributed by atoms with Gasteiger partial charge in [0.25, 0.3) is 5.91 Å². The minimum atomic E-state index is -0.355. The first-order valence-corrected chi connectivity index (χ1v) is 12.8. The molecule has 1 aliphatic carbocycles. The van der Waals surface area contributed by atoms with E-state index in [9.17, 15) is 9.59 Å². The number of nitrogens with one attached hydrogen (secondary N) is 1. The summed E-state index contributed by atoms with van der Waals surface area (Å²) in [5.74, 6) is 1.65. The molecular formula is C28H35N3O4. The third kappa shape index (κ3) is 5.30. The lowest BCUT2D eigenvalue weighted by atomic mass is 9.87. The monoisotopic (exact) mass is 477 g/mol. The number of ether oxygens (including phenoxy) is 2. The van der Waals surface area contributed by atoms with Gasteiger partial charge in [-0.15, -0.1) is 0 Å². The van der Waals surface area contributed by atoms with E-state index in [1.54, 1.807) is 0 Å². The molecule has 2 fully saturated rings. The Labute approximate surface area is 207 Å². The first kappa shape index (κ1) is 23.7. The number of carbonyl (C=O) groups excluding carboxylic acids is 2. The van der Waals surface area contributed by atoms with Gasteiger partial charge in [-0.25, -0.2) is 0 Å². The van der Waals surface area contributed by atoms with Gasteiger partial charge in [0, 0.05) is 31.7 Å². The molecule has 2 aromatic carbocycles. The Kier molecular flexibility index (Phi) is 6.95. The highest BCUT2D eigenvalue weighted by molar-refractivity contribution is 5.94. The summed E-state index contributed by atoms with van der Waals surface area (Å²) >= 11 is 0. The van der Waals surface area contributed by atoms with Crippen LogP contribution in [0, 0.1) is 6.92 Å². The fourth-order valence-electron chi connectivity index (χ4n) is 5.61. The summed E-state index contributed by atoms with van der Waals surface area (Å²) in [6.45, 7) is 6.32. The number of aryl methyl sites for hydroxylation is 1. The molecule has 0 bridgehead atoms. The van der Waals surface area contributed by atoms with Gasteiger partial charge >= 0.3 is 0 Å². The highest BCUT2D eigenvalue weighted by Crippen LogP contribution is 2.42. The van der Waals surface area contributed by atoms with Gasteiger partial charge in [0.1, 0.15) is 13.2 Å². The molecule has 0 radical (unpaired) electrons. The fourth-order valence-corrected chi connectivity index (χ4v) is 5.61. The largest absolute Gasteiger partial charge is 0.486 e. The number of nitrogens with zero attached hydrogens (tertiary/aromatic N) is 2. The van der Waals surface area contributed by atoms with Gasteiger partial charge in [0.05, 0.1) is 12.1 Å². The quantitative estimate of drug-likeness (QED) is 0.714. The van der Waals surface area contributed by atoms with Crippen LogP contribution in [-0.4, -0.2) is 67.6 Å². The minimum Gasteiger partial charge on any atom is -0.486 e. The van der Waals surface area contributed by atoms with Crippen LogP contribution in [0.15, 0.2) is 42.5 Å². The van der Waals surface area contributed by atoms with Crippen LogP contribution in [-0.2, 0) is 10.3 Å². The summed E-state index contributed by atoms with van der Waals surface area (Å²) < 4.78 is 11.5. The Balaban J connectivity index is 1.21. The molecule has 35 heavy (non-hydrogen) atoms. The maximum atomic E-state index is 13.2.